The van der Waals surface area contributed by atoms with Gasteiger partial charge in [0.15, 0.2) is 0 Å². The summed E-state index contributed by atoms with van der Waals surface area (Å²) in [5.41, 5.74) is 3.00. The number of carbonyl (C=O) groups is 1. The molecule has 20 heavy (non-hydrogen) atoms. The van der Waals surface area contributed by atoms with Gasteiger partial charge in [-0.05, 0) is 25.0 Å². The minimum atomic E-state index is -0.867. The molecular weight excluding hydrogens is 320 g/mol. The van der Waals surface area contributed by atoms with Crippen LogP contribution in [0.15, 0.2) is 22.7 Å². The SMILES string of the molecule is O=C(O)c1c2c(nc3cccc(Br)c13)C1CCN2CC1. The quantitative estimate of drug-likeness (QED) is 0.869. The van der Waals surface area contributed by atoms with E-state index in [1.807, 2.05) is 18.2 Å². The number of halogens is 1. The van der Waals surface area contributed by atoms with E-state index in [9.17, 15) is 9.90 Å². The Kier molecular flexibility index (Phi) is 2.54. The van der Waals surface area contributed by atoms with Crippen LogP contribution < -0.4 is 4.90 Å². The minimum absolute atomic E-state index is 0.405. The fourth-order valence-electron chi connectivity index (χ4n) is 3.47. The molecule has 1 saturated heterocycles. The highest BCUT2D eigenvalue weighted by Gasteiger charge is 2.36. The van der Waals surface area contributed by atoms with Crippen molar-refractivity contribution in [1.29, 1.82) is 0 Å². The zero-order valence-corrected chi connectivity index (χ0v) is 12.4. The molecule has 1 aromatic heterocycles. The number of aromatic nitrogens is 1. The first kappa shape index (κ1) is 12.1. The third-order valence-electron chi connectivity index (χ3n) is 4.37. The van der Waals surface area contributed by atoms with Gasteiger partial charge in [-0.1, -0.05) is 22.0 Å². The second-order valence-electron chi connectivity index (χ2n) is 5.42. The molecule has 0 aliphatic carbocycles. The molecular formula is C15H13BrN2O2. The molecule has 3 aliphatic heterocycles. The summed E-state index contributed by atoms with van der Waals surface area (Å²) in [4.78, 5) is 18.8. The van der Waals surface area contributed by atoms with Crippen molar-refractivity contribution in [1.82, 2.24) is 4.98 Å². The fourth-order valence-corrected chi connectivity index (χ4v) is 4.03. The fraction of sp³-hybridized carbons (Fsp3) is 0.333. The second-order valence-corrected chi connectivity index (χ2v) is 6.28. The van der Waals surface area contributed by atoms with Gasteiger partial charge in [0.05, 0.1) is 22.5 Å². The normalized spacial score (nSPS) is 17.6. The molecule has 0 spiro atoms. The maximum Gasteiger partial charge on any atom is 0.338 e. The number of anilines is 1. The van der Waals surface area contributed by atoms with Gasteiger partial charge in [-0.3, -0.25) is 4.98 Å². The van der Waals surface area contributed by atoms with Crippen molar-refractivity contribution in [2.45, 2.75) is 18.8 Å². The van der Waals surface area contributed by atoms with Crippen molar-refractivity contribution in [3.8, 4) is 0 Å². The lowest BCUT2D eigenvalue weighted by Gasteiger charge is -2.42. The number of pyridine rings is 1. The highest BCUT2D eigenvalue weighted by Crippen LogP contribution is 2.45. The Morgan fingerprint density at radius 3 is 2.80 bits per heavy atom. The van der Waals surface area contributed by atoms with Gasteiger partial charge in [-0.25, -0.2) is 4.79 Å². The van der Waals surface area contributed by atoms with E-state index in [0.29, 0.717) is 16.9 Å². The number of carboxylic acids is 1. The van der Waals surface area contributed by atoms with E-state index >= 15 is 0 Å². The Morgan fingerprint density at radius 2 is 2.10 bits per heavy atom. The molecule has 0 radical (unpaired) electrons. The van der Waals surface area contributed by atoms with Gasteiger partial charge in [0.2, 0.25) is 0 Å². The van der Waals surface area contributed by atoms with Gasteiger partial charge >= 0.3 is 5.97 Å². The Hall–Kier alpha value is -1.62. The first-order chi connectivity index (χ1) is 9.66. The van der Waals surface area contributed by atoms with Crippen molar-refractivity contribution in [3.63, 3.8) is 0 Å². The van der Waals surface area contributed by atoms with Crippen molar-refractivity contribution >= 4 is 38.5 Å². The van der Waals surface area contributed by atoms with E-state index in [4.69, 9.17) is 4.98 Å². The van der Waals surface area contributed by atoms with E-state index in [0.717, 1.165) is 47.3 Å². The molecule has 4 nitrogen and oxygen atoms in total. The van der Waals surface area contributed by atoms with Crippen molar-refractivity contribution in [2.24, 2.45) is 0 Å². The number of hydrogen-bond acceptors (Lipinski definition) is 3. The summed E-state index contributed by atoms with van der Waals surface area (Å²) in [6.07, 6.45) is 2.16. The minimum Gasteiger partial charge on any atom is -0.478 e. The van der Waals surface area contributed by atoms with E-state index in [2.05, 4.69) is 20.8 Å². The van der Waals surface area contributed by atoms with Crippen LogP contribution in [0.3, 0.4) is 0 Å². The van der Waals surface area contributed by atoms with Gasteiger partial charge < -0.3 is 10.0 Å². The number of nitrogens with zero attached hydrogens (tertiary/aromatic N) is 2. The first-order valence-electron chi connectivity index (χ1n) is 6.77. The maximum absolute atomic E-state index is 11.8. The van der Waals surface area contributed by atoms with E-state index in [-0.39, 0.29) is 0 Å². The Bertz CT molecular complexity index is 736. The molecule has 5 rings (SSSR count). The zero-order valence-electron chi connectivity index (χ0n) is 10.8. The third kappa shape index (κ3) is 1.53. The highest BCUT2D eigenvalue weighted by molar-refractivity contribution is 9.10. The number of carboxylic acid groups (broad SMARTS) is 1. The summed E-state index contributed by atoms with van der Waals surface area (Å²) in [5.74, 6) is -0.454. The van der Waals surface area contributed by atoms with Crippen LogP contribution in [-0.2, 0) is 0 Å². The molecule has 5 heteroatoms. The number of hydrogen-bond donors (Lipinski definition) is 1. The standard InChI is InChI=1S/C15H13BrN2O2/c16-9-2-1-3-10-11(9)12(15(19)20)14-13(17-10)8-4-6-18(14)7-5-8/h1-3,8H,4-7H2,(H,19,20). The van der Waals surface area contributed by atoms with Gasteiger partial charge in [0.25, 0.3) is 0 Å². The predicted molar refractivity (Wildman–Crippen MR) is 80.6 cm³/mol. The van der Waals surface area contributed by atoms with Crippen LogP contribution in [-0.4, -0.2) is 29.1 Å². The van der Waals surface area contributed by atoms with Crippen LogP contribution in [0.2, 0.25) is 0 Å². The van der Waals surface area contributed by atoms with E-state index in [1.54, 1.807) is 0 Å². The molecule has 0 unspecified atom stereocenters. The molecule has 1 N–H and O–H groups in total. The summed E-state index contributed by atoms with van der Waals surface area (Å²) >= 11 is 3.48. The number of benzene rings is 1. The zero-order chi connectivity index (χ0) is 13.9. The number of rotatable bonds is 1. The molecule has 2 aromatic rings. The summed E-state index contributed by atoms with van der Waals surface area (Å²) in [6.45, 7) is 1.88. The molecule has 102 valence electrons. The molecule has 2 bridgehead atoms. The van der Waals surface area contributed by atoms with Crippen molar-refractivity contribution in [3.05, 3.63) is 33.9 Å². The Balaban J connectivity index is 2.17. The van der Waals surface area contributed by atoms with Crippen LogP contribution in [0.25, 0.3) is 10.9 Å². The number of aromatic carboxylic acids is 1. The first-order valence-corrected chi connectivity index (χ1v) is 7.56. The predicted octanol–water partition coefficient (Wildman–Crippen LogP) is 3.39. The lowest BCUT2D eigenvalue weighted by Crippen LogP contribution is -2.40. The highest BCUT2D eigenvalue weighted by atomic mass is 79.9. The molecule has 0 saturated carbocycles. The average molecular weight is 333 g/mol. The molecule has 0 amide bonds. The molecule has 1 fully saturated rings. The molecule has 0 atom stereocenters. The van der Waals surface area contributed by atoms with Crippen LogP contribution in [0, 0.1) is 0 Å². The Labute approximate surface area is 124 Å². The van der Waals surface area contributed by atoms with Gasteiger partial charge in [0, 0.05) is 28.9 Å². The van der Waals surface area contributed by atoms with Gasteiger partial charge in [-0.15, -0.1) is 0 Å². The van der Waals surface area contributed by atoms with E-state index < -0.39 is 5.97 Å². The summed E-state index contributed by atoms with van der Waals surface area (Å²) in [7, 11) is 0. The van der Waals surface area contributed by atoms with Crippen LogP contribution in [0.4, 0.5) is 5.69 Å². The number of fused-ring (bicyclic) bond motifs is 3. The second kappa shape index (κ2) is 4.19. The summed E-state index contributed by atoms with van der Waals surface area (Å²) in [6, 6.07) is 5.67. The van der Waals surface area contributed by atoms with Crippen LogP contribution in [0.1, 0.15) is 34.8 Å². The topological polar surface area (TPSA) is 53.4 Å². The molecule has 1 aromatic carbocycles. The third-order valence-corrected chi connectivity index (χ3v) is 5.03. The van der Waals surface area contributed by atoms with Crippen LogP contribution in [0.5, 0.6) is 0 Å². The van der Waals surface area contributed by atoms with Crippen LogP contribution >= 0.6 is 15.9 Å². The largest absolute Gasteiger partial charge is 0.478 e. The summed E-state index contributed by atoms with van der Waals surface area (Å²) < 4.78 is 0.797. The Morgan fingerprint density at radius 1 is 1.35 bits per heavy atom. The maximum atomic E-state index is 11.8. The average Bonchev–Trinajstić information content (AvgIpc) is 2.46. The lowest BCUT2D eigenvalue weighted by molar-refractivity contribution is 0.0699. The monoisotopic (exact) mass is 332 g/mol. The van der Waals surface area contributed by atoms with Crippen molar-refractivity contribution in [2.75, 3.05) is 18.0 Å². The lowest BCUT2D eigenvalue weighted by atomic mass is 9.84. The van der Waals surface area contributed by atoms with Crippen molar-refractivity contribution < 1.29 is 9.90 Å². The summed E-state index contributed by atoms with van der Waals surface area (Å²) in [5, 5.41) is 10.4. The van der Waals surface area contributed by atoms with Gasteiger partial charge in [0.1, 0.15) is 0 Å². The van der Waals surface area contributed by atoms with E-state index in [1.165, 1.54) is 0 Å². The smallest absolute Gasteiger partial charge is 0.338 e. The molecule has 4 heterocycles. The molecule has 3 aliphatic rings. The number of piperidine rings is 1. The van der Waals surface area contributed by atoms with Gasteiger partial charge in [-0.2, -0.15) is 0 Å².